The quantitative estimate of drug-likeness (QED) is 0.413. The third-order valence-corrected chi connectivity index (χ3v) is 7.14. The number of carbonyl (C=O) groups is 1. The van der Waals surface area contributed by atoms with Gasteiger partial charge in [0.2, 0.25) is 0 Å². The molecule has 6 nitrogen and oxygen atoms in total. The predicted octanol–water partition coefficient (Wildman–Crippen LogP) is 5.37. The van der Waals surface area contributed by atoms with E-state index >= 15 is 0 Å². The van der Waals surface area contributed by atoms with Crippen LogP contribution in [0.4, 0.5) is 0 Å². The van der Waals surface area contributed by atoms with Gasteiger partial charge < -0.3 is 14.6 Å². The standard InChI is InChI=1S/C22H18N4O2S2/c1-12-19(22(27)23-2)14-5-4-13(10-17(14)29-12)28-16-6-7-24-15-11-18(30-20(15)16)21-25-8-9-26(21)3/h4-11H,1-3H3,(H,23,27). The van der Waals surface area contributed by atoms with Gasteiger partial charge in [0.1, 0.15) is 17.3 Å². The van der Waals surface area contributed by atoms with Gasteiger partial charge in [-0.25, -0.2) is 4.98 Å². The van der Waals surface area contributed by atoms with Gasteiger partial charge in [-0.15, -0.1) is 22.7 Å². The number of nitrogens with one attached hydrogen (secondary N) is 1. The van der Waals surface area contributed by atoms with E-state index in [-0.39, 0.29) is 5.91 Å². The topological polar surface area (TPSA) is 69.0 Å². The zero-order valence-corrected chi connectivity index (χ0v) is 18.2. The first-order valence-electron chi connectivity index (χ1n) is 9.34. The minimum absolute atomic E-state index is 0.0661. The molecular formula is C22H18N4O2S2. The van der Waals surface area contributed by atoms with E-state index in [1.165, 1.54) is 0 Å². The molecule has 0 aliphatic rings. The number of rotatable bonds is 4. The summed E-state index contributed by atoms with van der Waals surface area (Å²) in [4.78, 5) is 23.2. The first-order chi connectivity index (χ1) is 14.5. The van der Waals surface area contributed by atoms with Gasteiger partial charge in [-0.05, 0) is 31.2 Å². The Morgan fingerprint density at radius 2 is 2.00 bits per heavy atom. The largest absolute Gasteiger partial charge is 0.456 e. The Bertz CT molecular complexity index is 1410. The van der Waals surface area contributed by atoms with Gasteiger partial charge in [0.25, 0.3) is 5.91 Å². The van der Waals surface area contributed by atoms with Crippen LogP contribution in [0.3, 0.4) is 0 Å². The van der Waals surface area contributed by atoms with E-state index in [0.717, 1.165) is 52.9 Å². The molecule has 0 saturated carbocycles. The average molecular weight is 435 g/mol. The molecule has 8 heteroatoms. The van der Waals surface area contributed by atoms with E-state index in [4.69, 9.17) is 4.74 Å². The first kappa shape index (κ1) is 18.8. The molecule has 1 aromatic carbocycles. The molecule has 0 saturated heterocycles. The Morgan fingerprint density at radius 3 is 2.77 bits per heavy atom. The highest BCUT2D eigenvalue weighted by atomic mass is 32.1. The van der Waals surface area contributed by atoms with Gasteiger partial charge in [-0.1, -0.05) is 0 Å². The minimum atomic E-state index is -0.0661. The van der Waals surface area contributed by atoms with E-state index in [1.54, 1.807) is 42.1 Å². The first-order valence-corrected chi connectivity index (χ1v) is 11.0. The minimum Gasteiger partial charge on any atom is -0.456 e. The SMILES string of the molecule is CNC(=O)c1c(C)sc2cc(Oc3ccnc4cc(-c5nccn5C)sc34)ccc12. The second kappa shape index (κ2) is 7.23. The Balaban J connectivity index is 1.54. The number of pyridine rings is 1. The molecule has 0 unspecified atom stereocenters. The molecule has 4 aromatic heterocycles. The fraction of sp³-hybridized carbons (Fsp3) is 0.136. The van der Waals surface area contributed by atoms with Crippen LogP contribution in [0.2, 0.25) is 0 Å². The summed E-state index contributed by atoms with van der Waals surface area (Å²) in [5.74, 6) is 2.32. The summed E-state index contributed by atoms with van der Waals surface area (Å²) in [6, 6.07) is 9.75. The van der Waals surface area contributed by atoms with Crippen molar-refractivity contribution in [1.82, 2.24) is 19.9 Å². The van der Waals surface area contributed by atoms with Crippen molar-refractivity contribution in [2.75, 3.05) is 7.05 Å². The van der Waals surface area contributed by atoms with Crippen LogP contribution in [0.1, 0.15) is 15.2 Å². The zero-order chi connectivity index (χ0) is 20.8. The summed E-state index contributed by atoms with van der Waals surface area (Å²) in [6.45, 7) is 1.97. The molecule has 0 aliphatic heterocycles. The summed E-state index contributed by atoms with van der Waals surface area (Å²) in [5, 5.41) is 3.66. The number of aromatic nitrogens is 3. The molecule has 0 bridgehead atoms. The lowest BCUT2D eigenvalue weighted by atomic mass is 10.1. The van der Waals surface area contributed by atoms with Crippen molar-refractivity contribution >= 4 is 48.9 Å². The Labute approximate surface area is 180 Å². The molecule has 5 aromatic rings. The van der Waals surface area contributed by atoms with Crippen LogP contribution in [-0.2, 0) is 7.05 Å². The van der Waals surface area contributed by atoms with Crippen molar-refractivity contribution in [2.24, 2.45) is 7.05 Å². The number of imidazole rings is 1. The fourth-order valence-corrected chi connectivity index (χ4v) is 5.70. The molecule has 5 rings (SSSR count). The van der Waals surface area contributed by atoms with Crippen molar-refractivity contribution in [1.29, 1.82) is 0 Å². The highest BCUT2D eigenvalue weighted by molar-refractivity contribution is 7.22. The van der Waals surface area contributed by atoms with Gasteiger partial charge in [0, 0.05) is 53.7 Å². The molecule has 0 aliphatic carbocycles. The second-order valence-corrected chi connectivity index (χ2v) is 9.18. The lowest BCUT2D eigenvalue weighted by molar-refractivity contribution is 0.0964. The Morgan fingerprint density at radius 1 is 1.13 bits per heavy atom. The third kappa shape index (κ3) is 3.05. The molecular weight excluding hydrogens is 416 g/mol. The van der Waals surface area contributed by atoms with Crippen molar-refractivity contribution in [3.63, 3.8) is 0 Å². The van der Waals surface area contributed by atoms with Gasteiger partial charge in [-0.2, -0.15) is 0 Å². The number of thiophene rings is 2. The molecule has 1 amide bonds. The highest BCUT2D eigenvalue weighted by Crippen LogP contribution is 2.40. The van der Waals surface area contributed by atoms with E-state index in [2.05, 4.69) is 15.3 Å². The lowest BCUT2D eigenvalue weighted by Gasteiger charge is -2.07. The summed E-state index contributed by atoms with van der Waals surface area (Å²) >= 11 is 3.20. The monoisotopic (exact) mass is 434 g/mol. The van der Waals surface area contributed by atoms with Crippen LogP contribution in [0, 0.1) is 6.92 Å². The van der Waals surface area contributed by atoms with Gasteiger partial charge in [-0.3, -0.25) is 9.78 Å². The number of hydrogen-bond acceptors (Lipinski definition) is 6. The predicted molar refractivity (Wildman–Crippen MR) is 122 cm³/mol. The van der Waals surface area contributed by atoms with Gasteiger partial charge in [0.05, 0.1) is 20.7 Å². The summed E-state index contributed by atoms with van der Waals surface area (Å²) < 4.78 is 10.2. The summed E-state index contributed by atoms with van der Waals surface area (Å²) in [5.41, 5.74) is 1.61. The zero-order valence-electron chi connectivity index (χ0n) is 16.6. The van der Waals surface area contributed by atoms with E-state index in [0.29, 0.717) is 0 Å². The Hall–Kier alpha value is -3.23. The molecule has 0 spiro atoms. The molecule has 30 heavy (non-hydrogen) atoms. The van der Waals surface area contributed by atoms with Crippen molar-refractivity contribution < 1.29 is 9.53 Å². The number of ether oxygens (including phenoxy) is 1. The van der Waals surface area contributed by atoms with Crippen molar-refractivity contribution in [2.45, 2.75) is 6.92 Å². The Kier molecular flexibility index (Phi) is 4.52. The number of nitrogens with zero attached hydrogens (tertiary/aromatic N) is 3. The van der Waals surface area contributed by atoms with Crippen LogP contribution in [0.25, 0.3) is 31.0 Å². The van der Waals surface area contributed by atoms with Crippen molar-refractivity contribution in [3.8, 4) is 22.2 Å². The van der Waals surface area contributed by atoms with Gasteiger partial charge in [0.15, 0.2) is 0 Å². The summed E-state index contributed by atoms with van der Waals surface area (Å²) in [7, 11) is 3.63. The van der Waals surface area contributed by atoms with E-state index < -0.39 is 0 Å². The van der Waals surface area contributed by atoms with Crippen LogP contribution in [0.5, 0.6) is 11.5 Å². The van der Waals surface area contributed by atoms with Crippen LogP contribution in [0.15, 0.2) is 48.9 Å². The number of benzene rings is 1. The summed E-state index contributed by atoms with van der Waals surface area (Å²) in [6.07, 6.45) is 5.47. The second-order valence-electron chi connectivity index (χ2n) is 6.87. The number of carbonyl (C=O) groups excluding carboxylic acids is 1. The molecule has 1 N–H and O–H groups in total. The highest BCUT2D eigenvalue weighted by Gasteiger charge is 2.17. The molecule has 4 heterocycles. The smallest absolute Gasteiger partial charge is 0.252 e. The molecule has 0 radical (unpaired) electrons. The maximum absolute atomic E-state index is 12.2. The number of hydrogen-bond donors (Lipinski definition) is 1. The van der Waals surface area contributed by atoms with Crippen LogP contribution in [-0.4, -0.2) is 27.5 Å². The molecule has 0 atom stereocenters. The fourth-order valence-electron chi connectivity index (χ4n) is 3.51. The van der Waals surface area contributed by atoms with Gasteiger partial charge >= 0.3 is 0 Å². The normalized spacial score (nSPS) is 11.3. The number of fused-ring (bicyclic) bond motifs is 2. The van der Waals surface area contributed by atoms with Crippen LogP contribution >= 0.6 is 22.7 Å². The maximum Gasteiger partial charge on any atom is 0.252 e. The lowest BCUT2D eigenvalue weighted by Crippen LogP contribution is -2.18. The molecule has 0 fully saturated rings. The maximum atomic E-state index is 12.2. The average Bonchev–Trinajstić information content (AvgIpc) is 3.43. The molecule has 150 valence electrons. The van der Waals surface area contributed by atoms with E-state index in [1.807, 2.05) is 55.1 Å². The van der Waals surface area contributed by atoms with Crippen molar-refractivity contribution in [3.05, 3.63) is 59.4 Å². The third-order valence-electron chi connectivity index (χ3n) is 4.94. The van der Waals surface area contributed by atoms with Crippen LogP contribution < -0.4 is 10.1 Å². The van der Waals surface area contributed by atoms with E-state index in [9.17, 15) is 4.79 Å². The number of amides is 1. The number of aryl methyl sites for hydroxylation is 2.